The zero-order valence-electron chi connectivity index (χ0n) is 17.7. The van der Waals surface area contributed by atoms with Gasteiger partial charge >= 0.3 is 0 Å². The van der Waals surface area contributed by atoms with Crippen LogP contribution in [0.2, 0.25) is 0 Å². The molecule has 3 N–H and O–H groups in total. The van der Waals surface area contributed by atoms with E-state index in [1.54, 1.807) is 25.1 Å². The minimum absolute atomic E-state index is 0.187. The molecule has 160 valence electrons. The molecular weight excluding hydrogens is 382 g/mol. The molecular formula is C23H29N3O4. The lowest BCUT2D eigenvalue weighted by molar-refractivity contribution is -0.116. The quantitative estimate of drug-likeness (QED) is 0.599. The summed E-state index contributed by atoms with van der Waals surface area (Å²) in [6.45, 7) is 3.21. The second-order valence-corrected chi connectivity index (χ2v) is 7.50. The lowest BCUT2D eigenvalue weighted by Crippen LogP contribution is -2.32. The van der Waals surface area contributed by atoms with E-state index < -0.39 is 6.04 Å². The molecule has 1 saturated carbocycles. The van der Waals surface area contributed by atoms with Gasteiger partial charge in [0.25, 0.3) is 0 Å². The van der Waals surface area contributed by atoms with Crippen molar-refractivity contribution < 1.29 is 19.1 Å². The fourth-order valence-electron chi connectivity index (χ4n) is 3.47. The van der Waals surface area contributed by atoms with Crippen molar-refractivity contribution in [1.29, 1.82) is 0 Å². The van der Waals surface area contributed by atoms with Gasteiger partial charge in [-0.05, 0) is 75.1 Å². The Morgan fingerprint density at radius 1 is 1.00 bits per heavy atom. The number of methoxy groups -OCH3 is 1. The molecule has 2 aromatic rings. The number of rotatable bonds is 8. The van der Waals surface area contributed by atoms with E-state index in [0.29, 0.717) is 23.2 Å². The third kappa shape index (κ3) is 5.89. The van der Waals surface area contributed by atoms with Crippen molar-refractivity contribution in [3.05, 3.63) is 42.5 Å². The van der Waals surface area contributed by atoms with Gasteiger partial charge in [0.1, 0.15) is 17.5 Å². The summed E-state index contributed by atoms with van der Waals surface area (Å²) in [6, 6.07) is 12.3. The van der Waals surface area contributed by atoms with Crippen molar-refractivity contribution in [2.45, 2.75) is 51.7 Å². The van der Waals surface area contributed by atoms with Gasteiger partial charge in [0.2, 0.25) is 11.8 Å². The van der Waals surface area contributed by atoms with Gasteiger partial charge in [-0.2, -0.15) is 0 Å². The standard InChI is InChI=1S/C23H29N3O4/c1-15(24-17-8-11-20(12-9-17)30-19-6-4-5-7-19)23(28)26-21-14-18(25-16(2)27)10-13-22(21)29-3/h8-15,19,24H,4-7H2,1-3H3,(H,25,27)(H,26,28). The van der Waals surface area contributed by atoms with Crippen LogP contribution in [-0.4, -0.2) is 31.1 Å². The third-order valence-electron chi connectivity index (χ3n) is 5.01. The van der Waals surface area contributed by atoms with Crippen LogP contribution < -0.4 is 25.4 Å². The summed E-state index contributed by atoms with van der Waals surface area (Å²) in [6.07, 6.45) is 5.01. The highest BCUT2D eigenvalue weighted by Crippen LogP contribution is 2.28. The van der Waals surface area contributed by atoms with E-state index in [4.69, 9.17) is 9.47 Å². The van der Waals surface area contributed by atoms with Crippen molar-refractivity contribution >= 4 is 28.9 Å². The van der Waals surface area contributed by atoms with Crippen LogP contribution in [0.25, 0.3) is 0 Å². The van der Waals surface area contributed by atoms with E-state index >= 15 is 0 Å². The summed E-state index contributed by atoms with van der Waals surface area (Å²) in [5.74, 6) is 0.953. The highest BCUT2D eigenvalue weighted by Gasteiger charge is 2.17. The van der Waals surface area contributed by atoms with Gasteiger partial charge in [-0.3, -0.25) is 9.59 Å². The Kier molecular flexibility index (Phi) is 7.17. The highest BCUT2D eigenvalue weighted by molar-refractivity contribution is 5.98. The molecule has 7 heteroatoms. The van der Waals surface area contributed by atoms with Gasteiger partial charge in [-0.15, -0.1) is 0 Å². The maximum atomic E-state index is 12.7. The molecule has 0 heterocycles. The first-order chi connectivity index (χ1) is 14.4. The summed E-state index contributed by atoms with van der Waals surface area (Å²) in [7, 11) is 1.53. The summed E-state index contributed by atoms with van der Waals surface area (Å²) < 4.78 is 11.3. The van der Waals surface area contributed by atoms with Crippen LogP contribution in [0.15, 0.2) is 42.5 Å². The number of benzene rings is 2. The molecule has 1 unspecified atom stereocenters. The van der Waals surface area contributed by atoms with Crippen LogP contribution in [0.3, 0.4) is 0 Å². The van der Waals surface area contributed by atoms with Crippen LogP contribution in [0, 0.1) is 0 Å². The number of hydrogen-bond donors (Lipinski definition) is 3. The number of nitrogens with one attached hydrogen (secondary N) is 3. The van der Waals surface area contributed by atoms with Crippen molar-refractivity contribution in [1.82, 2.24) is 0 Å². The maximum absolute atomic E-state index is 12.7. The van der Waals surface area contributed by atoms with Gasteiger partial charge in [-0.1, -0.05) is 0 Å². The van der Waals surface area contributed by atoms with E-state index in [-0.39, 0.29) is 11.8 Å². The van der Waals surface area contributed by atoms with Crippen LogP contribution >= 0.6 is 0 Å². The monoisotopic (exact) mass is 411 g/mol. The van der Waals surface area contributed by atoms with E-state index in [1.807, 2.05) is 24.3 Å². The predicted octanol–water partition coefficient (Wildman–Crippen LogP) is 4.41. The van der Waals surface area contributed by atoms with Crippen molar-refractivity contribution in [2.24, 2.45) is 0 Å². The molecule has 0 radical (unpaired) electrons. The molecule has 2 aromatic carbocycles. The maximum Gasteiger partial charge on any atom is 0.246 e. The molecule has 30 heavy (non-hydrogen) atoms. The number of anilines is 3. The molecule has 1 fully saturated rings. The molecule has 2 amide bonds. The Labute approximate surface area is 177 Å². The third-order valence-corrected chi connectivity index (χ3v) is 5.01. The predicted molar refractivity (Wildman–Crippen MR) is 118 cm³/mol. The molecule has 3 rings (SSSR count). The smallest absolute Gasteiger partial charge is 0.246 e. The Hall–Kier alpha value is -3.22. The summed E-state index contributed by atoms with van der Waals surface area (Å²) in [5.41, 5.74) is 1.90. The van der Waals surface area contributed by atoms with Gasteiger partial charge in [0, 0.05) is 18.3 Å². The topological polar surface area (TPSA) is 88.7 Å². The molecule has 0 aliphatic heterocycles. The zero-order chi connectivity index (χ0) is 21.5. The van der Waals surface area contributed by atoms with Gasteiger partial charge < -0.3 is 25.4 Å². The Morgan fingerprint density at radius 2 is 1.67 bits per heavy atom. The number of hydrogen-bond acceptors (Lipinski definition) is 5. The molecule has 0 spiro atoms. The minimum Gasteiger partial charge on any atom is -0.495 e. The van der Waals surface area contributed by atoms with E-state index in [1.165, 1.54) is 26.9 Å². The van der Waals surface area contributed by atoms with Gasteiger partial charge in [-0.25, -0.2) is 0 Å². The van der Waals surface area contributed by atoms with Crippen LogP contribution in [0.4, 0.5) is 17.1 Å². The van der Waals surface area contributed by atoms with E-state index in [0.717, 1.165) is 24.3 Å². The highest BCUT2D eigenvalue weighted by atomic mass is 16.5. The van der Waals surface area contributed by atoms with Crippen molar-refractivity contribution in [2.75, 3.05) is 23.1 Å². The summed E-state index contributed by atoms with van der Waals surface area (Å²) in [5, 5.41) is 8.74. The fraction of sp³-hybridized carbons (Fsp3) is 0.391. The number of carbonyl (C=O) groups is 2. The fourth-order valence-corrected chi connectivity index (χ4v) is 3.47. The van der Waals surface area contributed by atoms with Gasteiger partial charge in [0.15, 0.2) is 0 Å². The molecule has 0 bridgehead atoms. The van der Waals surface area contributed by atoms with Crippen molar-refractivity contribution in [3.8, 4) is 11.5 Å². The zero-order valence-corrected chi connectivity index (χ0v) is 17.7. The number of carbonyl (C=O) groups excluding carboxylic acids is 2. The summed E-state index contributed by atoms with van der Waals surface area (Å²) >= 11 is 0. The molecule has 1 atom stereocenters. The van der Waals surface area contributed by atoms with Crippen LogP contribution in [0.1, 0.15) is 39.5 Å². The van der Waals surface area contributed by atoms with Crippen LogP contribution in [0.5, 0.6) is 11.5 Å². The van der Waals surface area contributed by atoms with E-state index in [9.17, 15) is 9.59 Å². The second kappa shape index (κ2) is 10.0. The molecule has 0 aromatic heterocycles. The Morgan fingerprint density at radius 3 is 2.30 bits per heavy atom. The number of ether oxygens (including phenoxy) is 2. The normalized spacial score (nSPS) is 14.6. The largest absolute Gasteiger partial charge is 0.495 e. The van der Waals surface area contributed by atoms with E-state index in [2.05, 4.69) is 16.0 Å². The Balaban J connectivity index is 1.59. The molecule has 7 nitrogen and oxygen atoms in total. The summed E-state index contributed by atoms with van der Waals surface area (Å²) in [4.78, 5) is 24.0. The van der Waals surface area contributed by atoms with Gasteiger partial charge in [0.05, 0.1) is 18.9 Å². The first-order valence-corrected chi connectivity index (χ1v) is 10.2. The van der Waals surface area contributed by atoms with Crippen LogP contribution in [-0.2, 0) is 9.59 Å². The molecule has 1 aliphatic carbocycles. The molecule has 1 aliphatic rings. The SMILES string of the molecule is COc1ccc(NC(C)=O)cc1NC(=O)C(C)Nc1ccc(OC2CCCC2)cc1. The lowest BCUT2D eigenvalue weighted by atomic mass is 10.2. The average Bonchev–Trinajstić information content (AvgIpc) is 3.22. The lowest BCUT2D eigenvalue weighted by Gasteiger charge is -2.18. The average molecular weight is 412 g/mol. The first kappa shape index (κ1) is 21.5. The number of amides is 2. The Bertz CT molecular complexity index is 877. The molecule has 0 saturated heterocycles. The second-order valence-electron chi connectivity index (χ2n) is 7.50. The minimum atomic E-state index is -0.485. The first-order valence-electron chi connectivity index (χ1n) is 10.2. The van der Waals surface area contributed by atoms with Crippen molar-refractivity contribution in [3.63, 3.8) is 0 Å².